The number of phenols is 1. The molecule has 0 saturated carbocycles. The summed E-state index contributed by atoms with van der Waals surface area (Å²) < 4.78 is 10.1. The van der Waals surface area contributed by atoms with E-state index in [0.29, 0.717) is 11.4 Å². The minimum Gasteiger partial charge on any atom is -0.507 e. The summed E-state index contributed by atoms with van der Waals surface area (Å²) >= 11 is 0. The maximum Gasteiger partial charge on any atom is 0.262 e. The van der Waals surface area contributed by atoms with Crippen LogP contribution in [0.5, 0.6) is 5.75 Å². The molecule has 3 aromatic rings. The van der Waals surface area contributed by atoms with Crippen LogP contribution in [0.25, 0.3) is 22.8 Å². The van der Waals surface area contributed by atoms with Crippen LogP contribution in [0.3, 0.4) is 0 Å². The Morgan fingerprint density at radius 2 is 2.11 bits per heavy atom. The number of rotatable bonds is 2. The molecule has 0 unspecified atom stereocenters. The molecule has 3 rings (SSSR count). The first-order chi connectivity index (χ1) is 8.74. The van der Waals surface area contributed by atoms with Crippen molar-refractivity contribution >= 4 is 0 Å². The van der Waals surface area contributed by atoms with Crippen LogP contribution in [0.15, 0.2) is 45.7 Å². The highest BCUT2D eigenvalue weighted by Gasteiger charge is 2.14. The molecule has 0 aliphatic rings. The standard InChI is InChI=1S/C13H10N2O3/c1-8-2-3-10(11(16)6-8)13-14-12(15-18-13)9-4-5-17-7-9/h2-7,16H,1H3. The minimum absolute atomic E-state index is 0.123. The van der Waals surface area contributed by atoms with Gasteiger partial charge in [0.15, 0.2) is 0 Å². The fraction of sp³-hybridized carbons (Fsp3) is 0.0769. The van der Waals surface area contributed by atoms with Crippen LogP contribution in [0.2, 0.25) is 0 Å². The molecule has 0 aliphatic heterocycles. The molecule has 0 saturated heterocycles. The predicted molar refractivity (Wildman–Crippen MR) is 63.8 cm³/mol. The fourth-order valence-corrected chi connectivity index (χ4v) is 1.66. The highest BCUT2D eigenvalue weighted by atomic mass is 16.5. The van der Waals surface area contributed by atoms with Crippen molar-refractivity contribution in [1.82, 2.24) is 10.1 Å². The van der Waals surface area contributed by atoms with Gasteiger partial charge < -0.3 is 14.0 Å². The zero-order valence-electron chi connectivity index (χ0n) is 9.62. The van der Waals surface area contributed by atoms with Crippen LogP contribution in [-0.2, 0) is 0 Å². The van der Waals surface area contributed by atoms with Crippen molar-refractivity contribution in [1.29, 1.82) is 0 Å². The predicted octanol–water partition coefficient (Wildman–Crippen LogP) is 3.01. The lowest BCUT2D eigenvalue weighted by atomic mass is 10.1. The molecular weight excluding hydrogens is 232 g/mol. The van der Waals surface area contributed by atoms with Gasteiger partial charge in [0.1, 0.15) is 12.0 Å². The van der Waals surface area contributed by atoms with Gasteiger partial charge in [-0.1, -0.05) is 11.2 Å². The molecule has 1 N–H and O–H groups in total. The molecule has 0 fully saturated rings. The van der Waals surface area contributed by atoms with E-state index in [1.807, 2.05) is 13.0 Å². The van der Waals surface area contributed by atoms with Crippen molar-refractivity contribution in [2.45, 2.75) is 6.92 Å². The van der Waals surface area contributed by atoms with Crippen molar-refractivity contribution in [3.63, 3.8) is 0 Å². The van der Waals surface area contributed by atoms with E-state index in [-0.39, 0.29) is 11.6 Å². The second kappa shape index (κ2) is 4.03. The lowest BCUT2D eigenvalue weighted by molar-refractivity contribution is 0.425. The third-order valence-electron chi connectivity index (χ3n) is 2.59. The normalized spacial score (nSPS) is 10.7. The van der Waals surface area contributed by atoms with Gasteiger partial charge in [-0.25, -0.2) is 0 Å². The molecule has 2 aromatic heterocycles. The number of benzene rings is 1. The first-order valence-electron chi connectivity index (χ1n) is 5.40. The van der Waals surface area contributed by atoms with Crippen molar-refractivity contribution in [2.24, 2.45) is 0 Å². The monoisotopic (exact) mass is 242 g/mol. The summed E-state index contributed by atoms with van der Waals surface area (Å²) in [7, 11) is 0. The molecule has 0 spiro atoms. The SMILES string of the molecule is Cc1ccc(-c2nc(-c3ccoc3)no2)c(O)c1. The average Bonchev–Trinajstić information content (AvgIpc) is 2.99. The van der Waals surface area contributed by atoms with Crippen LogP contribution in [0, 0.1) is 6.92 Å². The second-order valence-corrected chi connectivity index (χ2v) is 3.96. The summed E-state index contributed by atoms with van der Waals surface area (Å²) in [5.74, 6) is 0.833. The third kappa shape index (κ3) is 1.75. The maximum atomic E-state index is 9.84. The van der Waals surface area contributed by atoms with Crippen molar-refractivity contribution in [2.75, 3.05) is 0 Å². The topological polar surface area (TPSA) is 72.3 Å². The first kappa shape index (κ1) is 10.6. The van der Waals surface area contributed by atoms with E-state index in [0.717, 1.165) is 11.1 Å². The molecule has 18 heavy (non-hydrogen) atoms. The Morgan fingerprint density at radius 1 is 1.22 bits per heavy atom. The van der Waals surface area contributed by atoms with Crippen LogP contribution >= 0.6 is 0 Å². The lowest BCUT2D eigenvalue weighted by Gasteiger charge is -1.99. The molecule has 5 heteroatoms. The van der Waals surface area contributed by atoms with Gasteiger partial charge in [-0.15, -0.1) is 0 Å². The van der Waals surface area contributed by atoms with E-state index in [1.165, 1.54) is 12.5 Å². The van der Waals surface area contributed by atoms with Gasteiger partial charge in [0, 0.05) is 0 Å². The van der Waals surface area contributed by atoms with Crippen LogP contribution in [0.1, 0.15) is 5.56 Å². The Labute approximate surface area is 103 Å². The van der Waals surface area contributed by atoms with Crippen molar-refractivity contribution in [3.05, 3.63) is 42.4 Å². The van der Waals surface area contributed by atoms with Crippen LogP contribution < -0.4 is 0 Å². The van der Waals surface area contributed by atoms with Gasteiger partial charge in [-0.3, -0.25) is 0 Å². The molecule has 0 amide bonds. The summed E-state index contributed by atoms with van der Waals surface area (Å²) in [4.78, 5) is 4.22. The zero-order valence-corrected chi connectivity index (χ0v) is 9.62. The van der Waals surface area contributed by atoms with Crippen LogP contribution in [-0.4, -0.2) is 15.2 Å². The molecule has 0 aliphatic carbocycles. The number of hydrogen-bond donors (Lipinski definition) is 1. The van der Waals surface area contributed by atoms with E-state index in [9.17, 15) is 5.11 Å². The van der Waals surface area contributed by atoms with Crippen molar-refractivity contribution < 1.29 is 14.0 Å². The number of hydrogen-bond acceptors (Lipinski definition) is 5. The van der Waals surface area contributed by atoms with E-state index in [1.54, 1.807) is 18.2 Å². The van der Waals surface area contributed by atoms with Gasteiger partial charge in [0.2, 0.25) is 5.82 Å². The van der Waals surface area contributed by atoms with E-state index >= 15 is 0 Å². The molecule has 0 bridgehead atoms. The number of phenolic OH excluding ortho intramolecular Hbond substituents is 1. The van der Waals surface area contributed by atoms with Gasteiger partial charge in [-0.05, 0) is 30.7 Å². The fourth-order valence-electron chi connectivity index (χ4n) is 1.66. The summed E-state index contributed by atoms with van der Waals surface area (Å²) in [5.41, 5.74) is 2.21. The van der Waals surface area contributed by atoms with Gasteiger partial charge in [-0.2, -0.15) is 4.98 Å². The number of aromatic hydroxyl groups is 1. The number of nitrogens with zero attached hydrogens (tertiary/aromatic N) is 2. The number of aryl methyl sites for hydroxylation is 1. The van der Waals surface area contributed by atoms with E-state index in [4.69, 9.17) is 8.94 Å². The lowest BCUT2D eigenvalue weighted by Crippen LogP contribution is -1.81. The van der Waals surface area contributed by atoms with E-state index in [2.05, 4.69) is 10.1 Å². The minimum atomic E-state index is 0.123. The smallest absolute Gasteiger partial charge is 0.262 e. The molecule has 90 valence electrons. The third-order valence-corrected chi connectivity index (χ3v) is 2.59. The Kier molecular flexibility index (Phi) is 2.37. The average molecular weight is 242 g/mol. The molecule has 0 atom stereocenters. The summed E-state index contributed by atoms with van der Waals surface area (Å²) in [6, 6.07) is 7.01. The Morgan fingerprint density at radius 3 is 2.83 bits per heavy atom. The Hall–Kier alpha value is -2.56. The van der Waals surface area contributed by atoms with Gasteiger partial charge in [0.25, 0.3) is 5.89 Å². The Balaban J connectivity index is 2.03. The number of furan rings is 1. The Bertz CT molecular complexity index is 671. The highest BCUT2D eigenvalue weighted by molar-refractivity contribution is 5.65. The molecule has 5 nitrogen and oxygen atoms in total. The summed E-state index contributed by atoms with van der Waals surface area (Å²) in [6.07, 6.45) is 3.07. The summed E-state index contributed by atoms with van der Waals surface area (Å²) in [5, 5.41) is 13.7. The summed E-state index contributed by atoms with van der Waals surface area (Å²) in [6.45, 7) is 1.90. The van der Waals surface area contributed by atoms with E-state index < -0.39 is 0 Å². The first-order valence-corrected chi connectivity index (χ1v) is 5.40. The molecule has 2 heterocycles. The largest absolute Gasteiger partial charge is 0.507 e. The number of aromatic nitrogens is 2. The second-order valence-electron chi connectivity index (χ2n) is 3.96. The van der Waals surface area contributed by atoms with Crippen molar-refractivity contribution in [3.8, 4) is 28.6 Å². The quantitative estimate of drug-likeness (QED) is 0.747. The van der Waals surface area contributed by atoms with Gasteiger partial charge in [0.05, 0.1) is 17.4 Å². The molecular formula is C13H10N2O3. The molecule has 0 radical (unpaired) electrons. The molecule has 1 aromatic carbocycles. The maximum absolute atomic E-state index is 9.84. The van der Waals surface area contributed by atoms with Crippen LogP contribution in [0.4, 0.5) is 0 Å². The van der Waals surface area contributed by atoms with Gasteiger partial charge >= 0.3 is 0 Å². The highest BCUT2D eigenvalue weighted by Crippen LogP contribution is 2.30. The zero-order chi connectivity index (χ0) is 12.5.